The molecule has 112 valence electrons. The minimum absolute atomic E-state index is 0.0261. The van der Waals surface area contributed by atoms with Crippen LogP contribution in [-0.4, -0.2) is 26.3 Å². The summed E-state index contributed by atoms with van der Waals surface area (Å²) in [6.45, 7) is 4.10. The van der Waals surface area contributed by atoms with Crippen molar-refractivity contribution in [2.24, 2.45) is 0 Å². The number of nitrogens with zero attached hydrogens (tertiary/aromatic N) is 3. The van der Waals surface area contributed by atoms with E-state index in [2.05, 4.69) is 23.0 Å². The number of aromatic nitrogens is 3. The van der Waals surface area contributed by atoms with Crippen LogP contribution >= 0.6 is 11.8 Å². The van der Waals surface area contributed by atoms with Crippen LogP contribution in [0.3, 0.4) is 0 Å². The topological polar surface area (TPSA) is 58.9 Å². The quantitative estimate of drug-likeness (QED) is 0.592. The zero-order valence-electron chi connectivity index (χ0n) is 12.8. The van der Waals surface area contributed by atoms with Crippen molar-refractivity contribution in [3.8, 4) is 11.3 Å². The highest BCUT2D eigenvalue weighted by Gasteiger charge is 2.10. The molecule has 3 aromatic rings. The first kappa shape index (κ1) is 14.9. The summed E-state index contributed by atoms with van der Waals surface area (Å²) >= 11 is 1.52. The van der Waals surface area contributed by atoms with Crippen molar-refractivity contribution < 1.29 is 5.11 Å². The van der Waals surface area contributed by atoms with E-state index in [1.807, 2.05) is 25.3 Å². The molecule has 22 heavy (non-hydrogen) atoms. The summed E-state index contributed by atoms with van der Waals surface area (Å²) in [5.74, 6) is 0. The van der Waals surface area contributed by atoms with Crippen LogP contribution in [0.1, 0.15) is 16.7 Å². The molecule has 4 nitrogen and oxygen atoms in total. The Hall–Kier alpha value is -1.98. The van der Waals surface area contributed by atoms with Gasteiger partial charge in [-0.15, -0.1) is 0 Å². The lowest BCUT2D eigenvalue weighted by molar-refractivity contribution is 0.281. The molecule has 0 bridgehead atoms. The average Bonchev–Trinajstić information content (AvgIpc) is 2.56. The van der Waals surface area contributed by atoms with Crippen LogP contribution in [0, 0.1) is 13.8 Å². The fourth-order valence-corrected chi connectivity index (χ4v) is 2.83. The molecule has 1 N–H and O–H groups in total. The Labute approximate surface area is 133 Å². The van der Waals surface area contributed by atoms with Gasteiger partial charge in [-0.3, -0.25) is 0 Å². The third-order valence-corrected chi connectivity index (χ3v) is 4.41. The van der Waals surface area contributed by atoms with Crippen LogP contribution < -0.4 is 0 Å². The monoisotopic (exact) mass is 311 g/mol. The smallest absolute Gasteiger partial charge is 0.187 e. The number of thioether (sulfide) groups is 1. The van der Waals surface area contributed by atoms with Crippen molar-refractivity contribution in [2.45, 2.75) is 25.6 Å². The van der Waals surface area contributed by atoms with E-state index in [-0.39, 0.29) is 6.61 Å². The molecule has 0 unspecified atom stereocenters. The van der Waals surface area contributed by atoms with Gasteiger partial charge < -0.3 is 5.11 Å². The Morgan fingerprint density at radius 2 is 1.86 bits per heavy atom. The number of pyridine rings is 1. The number of hydrogen-bond donors (Lipinski definition) is 1. The van der Waals surface area contributed by atoms with E-state index < -0.39 is 0 Å². The van der Waals surface area contributed by atoms with E-state index in [1.54, 1.807) is 12.4 Å². The molecule has 0 aliphatic heterocycles. The van der Waals surface area contributed by atoms with Crippen molar-refractivity contribution >= 4 is 22.7 Å². The number of aliphatic hydroxyl groups is 1. The molecule has 0 saturated heterocycles. The normalized spacial score (nSPS) is 11.1. The maximum Gasteiger partial charge on any atom is 0.187 e. The molecule has 0 radical (unpaired) electrons. The second-order valence-electron chi connectivity index (χ2n) is 5.19. The summed E-state index contributed by atoms with van der Waals surface area (Å²) < 4.78 is 0. The maximum absolute atomic E-state index is 9.44. The molecule has 0 aliphatic carbocycles. The summed E-state index contributed by atoms with van der Waals surface area (Å²) in [5, 5.41) is 11.3. The van der Waals surface area contributed by atoms with Gasteiger partial charge in [0.05, 0.1) is 17.8 Å². The maximum atomic E-state index is 9.44. The van der Waals surface area contributed by atoms with Gasteiger partial charge in [-0.25, -0.2) is 15.0 Å². The lowest BCUT2D eigenvalue weighted by Crippen LogP contribution is -1.96. The number of rotatable bonds is 3. The highest BCUT2D eigenvalue weighted by Crippen LogP contribution is 2.27. The number of aryl methyl sites for hydroxylation is 2. The van der Waals surface area contributed by atoms with E-state index in [4.69, 9.17) is 4.98 Å². The predicted octanol–water partition coefficient (Wildman–Crippen LogP) is 3.52. The number of fused-ring (bicyclic) bond motifs is 1. The van der Waals surface area contributed by atoms with Crippen LogP contribution in [0.15, 0.2) is 35.7 Å². The van der Waals surface area contributed by atoms with Crippen molar-refractivity contribution in [2.75, 3.05) is 6.26 Å². The molecule has 0 saturated carbocycles. The molecular formula is C17H17N3OS. The Kier molecular flexibility index (Phi) is 4.09. The van der Waals surface area contributed by atoms with Gasteiger partial charge in [-0.2, -0.15) is 0 Å². The highest BCUT2D eigenvalue weighted by atomic mass is 32.2. The fourth-order valence-electron chi connectivity index (χ4n) is 2.51. The Bertz CT molecular complexity index is 831. The van der Waals surface area contributed by atoms with Crippen molar-refractivity contribution in [3.63, 3.8) is 0 Å². The largest absolute Gasteiger partial charge is 0.392 e. The highest BCUT2D eigenvalue weighted by molar-refractivity contribution is 7.98. The first-order valence-corrected chi connectivity index (χ1v) is 8.23. The van der Waals surface area contributed by atoms with E-state index in [0.29, 0.717) is 0 Å². The Morgan fingerprint density at radius 1 is 1.14 bits per heavy atom. The Morgan fingerprint density at radius 3 is 2.50 bits per heavy atom. The second-order valence-corrected chi connectivity index (χ2v) is 5.96. The van der Waals surface area contributed by atoms with Gasteiger partial charge in [0.1, 0.15) is 0 Å². The van der Waals surface area contributed by atoms with Crippen molar-refractivity contribution in [3.05, 3.63) is 47.3 Å². The molecule has 3 rings (SSSR count). The number of hydrogen-bond acceptors (Lipinski definition) is 5. The van der Waals surface area contributed by atoms with Crippen LogP contribution in [0.4, 0.5) is 0 Å². The van der Waals surface area contributed by atoms with E-state index in [1.165, 1.54) is 11.8 Å². The van der Waals surface area contributed by atoms with Crippen LogP contribution in [0.2, 0.25) is 0 Å². The standard InChI is InChI=1S/C17H17N3OS/c1-10-6-15(13-7-18-17(22-3)19-8-13)20-16-11(2)12(9-21)4-5-14(10)16/h4-8,21H,9H2,1-3H3. The number of benzene rings is 1. The minimum atomic E-state index is 0.0261. The fraction of sp³-hybridized carbons (Fsp3) is 0.235. The third-order valence-electron chi connectivity index (χ3n) is 3.83. The summed E-state index contributed by atoms with van der Waals surface area (Å²) in [7, 11) is 0. The molecule has 5 heteroatoms. The summed E-state index contributed by atoms with van der Waals surface area (Å²) in [5.41, 5.74) is 5.77. The van der Waals surface area contributed by atoms with Gasteiger partial charge in [0, 0.05) is 23.3 Å². The van der Waals surface area contributed by atoms with Gasteiger partial charge in [0.25, 0.3) is 0 Å². The second kappa shape index (κ2) is 6.02. The predicted molar refractivity (Wildman–Crippen MR) is 89.9 cm³/mol. The molecule has 0 amide bonds. The van der Waals surface area contributed by atoms with Crippen molar-refractivity contribution in [1.82, 2.24) is 15.0 Å². The molecule has 0 aliphatic rings. The lowest BCUT2D eigenvalue weighted by Gasteiger charge is -2.11. The SMILES string of the molecule is CSc1ncc(-c2cc(C)c3ccc(CO)c(C)c3n2)cn1. The summed E-state index contributed by atoms with van der Waals surface area (Å²) in [4.78, 5) is 13.4. The molecule has 0 fully saturated rings. The summed E-state index contributed by atoms with van der Waals surface area (Å²) in [6.07, 6.45) is 5.56. The van der Waals surface area contributed by atoms with Gasteiger partial charge in [0.15, 0.2) is 5.16 Å². The zero-order chi connectivity index (χ0) is 15.7. The van der Waals surface area contributed by atoms with Gasteiger partial charge in [-0.1, -0.05) is 23.9 Å². The van der Waals surface area contributed by atoms with Gasteiger partial charge in [-0.05, 0) is 42.9 Å². The lowest BCUT2D eigenvalue weighted by atomic mass is 10.0. The van der Waals surface area contributed by atoms with Crippen LogP contribution in [-0.2, 0) is 6.61 Å². The van der Waals surface area contributed by atoms with Crippen LogP contribution in [0.25, 0.3) is 22.2 Å². The third kappa shape index (κ3) is 2.58. The first-order valence-electron chi connectivity index (χ1n) is 7.01. The Balaban J connectivity index is 2.20. The molecule has 0 spiro atoms. The van der Waals surface area contributed by atoms with E-state index in [9.17, 15) is 5.11 Å². The van der Waals surface area contributed by atoms with Gasteiger partial charge >= 0.3 is 0 Å². The van der Waals surface area contributed by atoms with Crippen molar-refractivity contribution in [1.29, 1.82) is 0 Å². The molecule has 2 heterocycles. The average molecular weight is 311 g/mol. The van der Waals surface area contributed by atoms with Crippen LogP contribution in [0.5, 0.6) is 0 Å². The minimum Gasteiger partial charge on any atom is -0.392 e. The summed E-state index contributed by atoms with van der Waals surface area (Å²) in [6, 6.07) is 6.04. The molecule has 0 atom stereocenters. The van der Waals surface area contributed by atoms with E-state index in [0.717, 1.165) is 44.0 Å². The first-order chi connectivity index (χ1) is 10.6. The number of aliphatic hydroxyl groups excluding tert-OH is 1. The zero-order valence-corrected chi connectivity index (χ0v) is 13.6. The molecule has 1 aromatic carbocycles. The molecule has 2 aromatic heterocycles. The van der Waals surface area contributed by atoms with Gasteiger partial charge in [0.2, 0.25) is 0 Å². The van der Waals surface area contributed by atoms with E-state index >= 15 is 0 Å². The molecular weight excluding hydrogens is 294 g/mol.